The minimum absolute atomic E-state index is 0.535. The number of hydrogen-bond acceptors (Lipinski definition) is 3. The van der Waals surface area contributed by atoms with Crippen LogP contribution in [0.5, 0.6) is 0 Å². The van der Waals surface area contributed by atoms with E-state index < -0.39 is 24.0 Å². The number of nitrogens with zero attached hydrogens (tertiary/aromatic N) is 2. The number of amides is 1. The summed E-state index contributed by atoms with van der Waals surface area (Å²) in [4.78, 5) is 24.4. The van der Waals surface area contributed by atoms with Gasteiger partial charge in [0.15, 0.2) is 6.04 Å². The molecule has 0 heterocycles. The summed E-state index contributed by atoms with van der Waals surface area (Å²) in [6.07, 6.45) is 0. The van der Waals surface area contributed by atoms with Crippen molar-refractivity contribution in [1.29, 1.82) is 0 Å². The molecule has 0 aliphatic heterocycles. The van der Waals surface area contributed by atoms with E-state index >= 15 is 0 Å². The van der Waals surface area contributed by atoms with Gasteiger partial charge < -0.3 is 10.8 Å². The third-order valence-electron chi connectivity index (χ3n) is 1.45. The van der Waals surface area contributed by atoms with Crippen LogP contribution < -0.4 is 5.73 Å². The Bertz CT molecular complexity index is 256. The van der Waals surface area contributed by atoms with Gasteiger partial charge in [-0.3, -0.25) is 4.79 Å². The zero-order valence-electron chi connectivity index (χ0n) is 7.39. The van der Waals surface area contributed by atoms with Crippen molar-refractivity contribution >= 4 is 11.9 Å². The first-order chi connectivity index (χ1) is 5.91. The summed E-state index contributed by atoms with van der Waals surface area (Å²) in [6.45, 7) is 9.27. The van der Waals surface area contributed by atoms with Gasteiger partial charge in [0.25, 0.3) is 0 Å². The Morgan fingerprint density at radius 2 is 2.00 bits per heavy atom. The smallest absolute Gasteiger partial charge is 0.333 e. The normalized spacial score (nSPS) is 14.0. The molecule has 0 fully saturated rings. The molecule has 0 bridgehead atoms. The molecule has 0 radical (unpaired) electrons. The molecular formula is C7H11N3O3. The fourth-order valence-electron chi connectivity index (χ4n) is 0.640. The van der Waals surface area contributed by atoms with E-state index in [1.165, 1.54) is 13.8 Å². The molecular weight excluding hydrogens is 174 g/mol. The van der Waals surface area contributed by atoms with E-state index in [2.05, 4.69) is 4.95 Å². The molecule has 6 heteroatoms. The Labute approximate surface area is 75.7 Å². The summed E-state index contributed by atoms with van der Waals surface area (Å²) in [5, 5.41) is 9.07. The predicted octanol–water partition coefficient (Wildman–Crippen LogP) is -0.530. The minimum atomic E-state index is -1.23. The second-order valence-electron chi connectivity index (χ2n) is 2.59. The monoisotopic (exact) mass is 185 g/mol. The van der Waals surface area contributed by atoms with Crippen LogP contribution >= 0.6 is 0 Å². The Morgan fingerprint density at radius 3 is 2.23 bits per heavy atom. The first-order valence-corrected chi connectivity index (χ1v) is 3.60. The highest BCUT2D eigenvalue weighted by Gasteiger charge is 2.32. The van der Waals surface area contributed by atoms with Crippen molar-refractivity contribution in [2.24, 2.45) is 5.73 Å². The standard InChI is InChI=1S/C7H11N3O3/c1-4(8)6(11)10(9-3)5(2)7(12)13/h4-5H,8H2,1-2H3,(H,12,13)/t4-,5+/m0/s1. The lowest BCUT2D eigenvalue weighted by atomic mass is 10.2. The molecule has 0 aromatic rings. The third kappa shape index (κ3) is 2.72. The van der Waals surface area contributed by atoms with Crippen molar-refractivity contribution in [3.63, 3.8) is 0 Å². The van der Waals surface area contributed by atoms with Gasteiger partial charge in [-0.05, 0) is 18.9 Å². The van der Waals surface area contributed by atoms with Crippen molar-refractivity contribution in [2.45, 2.75) is 25.9 Å². The Kier molecular flexibility index (Phi) is 3.88. The molecule has 0 spiro atoms. The van der Waals surface area contributed by atoms with Gasteiger partial charge in [0.05, 0.1) is 6.04 Å². The molecule has 0 aliphatic rings. The first-order valence-electron chi connectivity index (χ1n) is 3.60. The Balaban J connectivity index is 4.63. The highest BCUT2D eigenvalue weighted by atomic mass is 16.4. The summed E-state index contributed by atoms with van der Waals surface area (Å²) in [5.41, 5.74) is 5.22. The van der Waals surface area contributed by atoms with E-state index in [-0.39, 0.29) is 0 Å². The summed E-state index contributed by atoms with van der Waals surface area (Å²) >= 11 is 0. The molecule has 13 heavy (non-hydrogen) atoms. The van der Waals surface area contributed by atoms with Crippen LogP contribution in [0.25, 0.3) is 4.95 Å². The van der Waals surface area contributed by atoms with Gasteiger partial charge in [0.1, 0.15) is 0 Å². The largest absolute Gasteiger partial charge is 0.480 e. The van der Waals surface area contributed by atoms with Crippen LogP contribution in [0.1, 0.15) is 13.8 Å². The molecule has 0 rings (SSSR count). The summed E-state index contributed by atoms with van der Waals surface area (Å²) in [5.74, 6) is -1.92. The number of hydrogen-bond donors (Lipinski definition) is 2. The summed E-state index contributed by atoms with van der Waals surface area (Å²) in [7, 11) is 0. The van der Waals surface area contributed by atoms with E-state index in [1.807, 2.05) is 0 Å². The van der Waals surface area contributed by atoms with Gasteiger partial charge in [0.2, 0.25) is 0 Å². The lowest BCUT2D eigenvalue weighted by Crippen LogP contribution is -2.45. The maximum Gasteiger partial charge on any atom is 0.333 e. The molecule has 72 valence electrons. The molecule has 0 aromatic carbocycles. The number of carboxylic acids is 1. The highest BCUT2D eigenvalue weighted by Crippen LogP contribution is 2.02. The minimum Gasteiger partial charge on any atom is -0.480 e. The molecule has 0 saturated heterocycles. The number of carbonyl (C=O) groups is 2. The fraction of sp³-hybridized carbons (Fsp3) is 0.571. The highest BCUT2D eigenvalue weighted by molar-refractivity contribution is 5.86. The quantitative estimate of drug-likeness (QED) is 0.457. The van der Waals surface area contributed by atoms with Crippen molar-refractivity contribution in [3.05, 3.63) is 11.5 Å². The predicted molar refractivity (Wildman–Crippen MR) is 44.2 cm³/mol. The van der Waals surface area contributed by atoms with Crippen LogP contribution in [0.2, 0.25) is 0 Å². The number of aliphatic carboxylic acids is 1. The van der Waals surface area contributed by atoms with E-state index in [9.17, 15) is 9.59 Å². The number of rotatable bonds is 3. The van der Waals surface area contributed by atoms with Crippen LogP contribution in [0.3, 0.4) is 0 Å². The van der Waals surface area contributed by atoms with Crippen molar-refractivity contribution in [1.82, 2.24) is 5.01 Å². The number of nitrogens with two attached hydrogens (primary N) is 1. The lowest BCUT2D eigenvalue weighted by Gasteiger charge is -2.13. The van der Waals surface area contributed by atoms with E-state index in [0.717, 1.165) is 0 Å². The van der Waals surface area contributed by atoms with E-state index in [4.69, 9.17) is 17.4 Å². The topological polar surface area (TPSA) is 88.0 Å². The molecule has 0 unspecified atom stereocenters. The van der Waals surface area contributed by atoms with Crippen molar-refractivity contribution in [3.8, 4) is 0 Å². The van der Waals surface area contributed by atoms with Crippen LogP contribution in [0, 0.1) is 6.57 Å². The first kappa shape index (κ1) is 11.4. The molecule has 0 saturated carbocycles. The maximum atomic E-state index is 11.1. The van der Waals surface area contributed by atoms with Crippen molar-refractivity contribution < 1.29 is 14.7 Å². The Morgan fingerprint density at radius 1 is 1.54 bits per heavy atom. The molecule has 1 amide bonds. The molecule has 0 aliphatic carbocycles. The van der Waals surface area contributed by atoms with Gasteiger partial charge in [-0.1, -0.05) is 0 Å². The van der Waals surface area contributed by atoms with Crippen LogP contribution in [0.4, 0.5) is 0 Å². The van der Waals surface area contributed by atoms with E-state index in [1.54, 1.807) is 0 Å². The fourth-order valence-corrected chi connectivity index (χ4v) is 0.640. The van der Waals surface area contributed by atoms with Gasteiger partial charge in [0, 0.05) is 0 Å². The summed E-state index contributed by atoms with van der Waals surface area (Å²) < 4.78 is 0. The number of carbonyl (C=O) groups excluding carboxylic acids is 1. The average Bonchev–Trinajstić information content (AvgIpc) is 2.04. The number of carboxylic acid groups (broad SMARTS) is 1. The zero-order valence-corrected chi connectivity index (χ0v) is 7.39. The maximum absolute atomic E-state index is 11.1. The molecule has 6 nitrogen and oxygen atoms in total. The average molecular weight is 185 g/mol. The van der Waals surface area contributed by atoms with Crippen LogP contribution in [0.15, 0.2) is 0 Å². The second kappa shape index (κ2) is 4.42. The van der Waals surface area contributed by atoms with Crippen LogP contribution in [-0.4, -0.2) is 34.1 Å². The third-order valence-corrected chi connectivity index (χ3v) is 1.45. The SMILES string of the molecule is [C-]#[N+]N(C(=O)[C@H](C)N)[C@H](C)C(=O)O. The Hall–Kier alpha value is -1.61. The van der Waals surface area contributed by atoms with Gasteiger partial charge >= 0.3 is 11.9 Å². The summed E-state index contributed by atoms with van der Waals surface area (Å²) in [6, 6.07) is -2.04. The van der Waals surface area contributed by atoms with E-state index in [0.29, 0.717) is 5.01 Å². The van der Waals surface area contributed by atoms with Gasteiger partial charge in [-0.2, -0.15) is 11.5 Å². The van der Waals surface area contributed by atoms with Crippen LogP contribution in [-0.2, 0) is 9.59 Å². The molecule has 0 aromatic heterocycles. The van der Waals surface area contributed by atoms with Gasteiger partial charge in [-0.15, -0.1) is 0 Å². The van der Waals surface area contributed by atoms with Crippen molar-refractivity contribution in [2.75, 3.05) is 0 Å². The lowest BCUT2D eigenvalue weighted by molar-refractivity contribution is -0.147. The van der Waals surface area contributed by atoms with Gasteiger partial charge in [-0.25, -0.2) is 4.79 Å². The molecule has 2 atom stereocenters. The zero-order chi connectivity index (χ0) is 10.6. The molecule has 3 N–H and O–H groups in total. The second-order valence-corrected chi connectivity index (χ2v) is 2.59.